The average Bonchev–Trinajstić information content (AvgIpc) is 2.55. The third-order valence-corrected chi connectivity index (χ3v) is 2.90. The van der Waals surface area contributed by atoms with Crippen molar-refractivity contribution in [3.8, 4) is 11.5 Å². The maximum atomic E-state index is 11.8. The monoisotopic (exact) mass is 255 g/mol. The Morgan fingerprint density at radius 3 is 2.88 bits per heavy atom. The van der Waals surface area contributed by atoms with Gasteiger partial charge in [-0.15, -0.1) is 0 Å². The van der Waals surface area contributed by atoms with Gasteiger partial charge >= 0.3 is 0 Å². The summed E-state index contributed by atoms with van der Waals surface area (Å²) in [5.74, 6) is 0.983. The molecular formula is C12H14ClNO3. The number of hydrogen-bond acceptors (Lipinski definition) is 4. The normalized spacial score (nSPS) is 14.2. The molecular weight excluding hydrogens is 242 g/mol. The number of fused-ring (bicyclic) bond motifs is 1. The van der Waals surface area contributed by atoms with E-state index in [4.69, 9.17) is 26.8 Å². The van der Waals surface area contributed by atoms with E-state index in [0.29, 0.717) is 41.8 Å². The van der Waals surface area contributed by atoms with Gasteiger partial charge in [-0.3, -0.25) is 4.79 Å². The molecule has 0 saturated carbocycles. The maximum absolute atomic E-state index is 11.8. The minimum Gasteiger partial charge on any atom is -0.490 e. The molecule has 92 valence electrons. The number of ketones is 1. The SMILES string of the molecule is NCCC(=O)c1ccc2c(c1Cl)OCCCO2. The second-order valence-electron chi connectivity index (χ2n) is 3.77. The van der Waals surface area contributed by atoms with E-state index in [1.54, 1.807) is 12.1 Å². The zero-order chi connectivity index (χ0) is 12.3. The standard InChI is InChI=1S/C12H14ClNO3/c13-11-8(9(15)4-5-14)2-3-10-12(11)17-7-1-6-16-10/h2-3H,1,4-7,14H2. The number of ether oxygens (including phenoxy) is 2. The molecule has 17 heavy (non-hydrogen) atoms. The molecule has 1 aliphatic rings. The Balaban J connectivity index is 2.37. The predicted molar refractivity (Wildman–Crippen MR) is 65.1 cm³/mol. The Morgan fingerprint density at radius 2 is 2.12 bits per heavy atom. The third kappa shape index (κ3) is 2.53. The van der Waals surface area contributed by atoms with Crippen molar-refractivity contribution in [3.63, 3.8) is 0 Å². The molecule has 1 aromatic rings. The fourth-order valence-electron chi connectivity index (χ4n) is 1.68. The number of carbonyl (C=O) groups excluding carboxylic acids is 1. The van der Waals surface area contributed by atoms with E-state index in [-0.39, 0.29) is 12.2 Å². The molecule has 0 saturated heterocycles. The van der Waals surface area contributed by atoms with E-state index < -0.39 is 0 Å². The first-order valence-corrected chi connectivity index (χ1v) is 5.93. The Morgan fingerprint density at radius 1 is 1.35 bits per heavy atom. The molecule has 1 heterocycles. The predicted octanol–water partition coefficient (Wildman–Crippen LogP) is 2.03. The number of halogens is 1. The van der Waals surface area contributed by atoms with E-state index in [1.165, 1.54) is 0 Å². The van der Waals surface area contributed by atoms with Crippen molar-refractivity contribution in [1.82, 2.24) is 0 Å². The van der Waals surface area contributed by atoms with Crippen LogP contribution in [-0.2, 0) is 0 Å². The van der Waals surface area contributed by atoms with Crippen molar-refractivity contribution in [2.75, 3.05) is 19.8 Å². The summed E-state index contributed by atoms with van der Waals surface area (Å²) in [5.41, 5.74) is 5.81. The van der Waals surface area contributed by atoms with Crippen molar-refractivity contribution in [1.29, 1.82) is 0 Å². The number of carbonyl (C=O) groups is 1. The molecule has 2 N–H and O–H groups in total. The summed E-state index contributed by atoms with van der Waals surface area (Å²) in [7, 11) is 0. The van der Waals surface area contributed by atoms with Gasteiger partial charge in [0.1, 0.15) is 0 Å². The van der Waals surface area contributed by atoms with E-state index in [9.17, 15) is 4.79 Å². The van der Waals surface area contributed by atoms with Gasteiger partial charge in [0.15, 0.2) is 17.3 Å². The molecule has 0 radical (unpaired) electrons. The summed E-state index contributed by atoms with van der Waals surface area (Å²) in [5, 5.41) is 0.322. The number of nitrogens with two attached hydrogens (primary N) is 1. The average molecular weight is 256 g/mol. The van der Waals surface area contributed by atoms with Crippen LogP contribution in [0.2, 0.25) is 5.02 Å². The molecule has 2 rings (SSSR count). The molecule has 4 nitrogen and oxygen atoms in total. The van der Waals surface area contributed by atoms with Gasteiger partial charge in [-0.25, -0.2) is 0 Å². The second kappa shape index (κ2) is 5.38. The molecule has 0 spiro atoms. The van der Waals surface area contributed by atoms with Crippen molar-refractivity contribution in [2.45, 2.75) is 12.8 Å². The van der Waals surface area contributed by atoms with Crippen molar-refractivity contribution < 1.29 is 14.3 Å². The van der Waals surface area contributed by atoms with E-state index in [0.717, 1.165) is 6.42 Å². The van der Waals surface area contributed by atoms with Gasteiger partial charge in [-0.1, -0.05) is 11.6 Å². The maximum Gasteiger partial charge on any atom is 0.180 e. The zero-order valence-electron chi connectivity index (χ0n) is 9.37. The Bertz CT molecular complexity index is 434. The number of hydrogen-bond donors (Lipinski definition) is 1. The number of benzene rings is 1. The molecule has 0 unspecified atom stereocenters. The first-order valence-electron chi connectivity index (χ1n) is 5.55. The molecule has 0 bridgehead atoms. The summed E-state index contributed by atoms with van der Waals surface area (Å²) in [4.78, 5) is 11.8. The Kier molecular flexibility index (Phi) is 3.86. The highest BCUT2D eigenvalue weighted by atomic mass is 35.5. The topological polar surface area (TPSA) is 61.6 Å². The van der Waals surface area contributed by atoms with Crippen LogP contribution in [0.15, 0.2) is 12.1 Å². The fourth-order valence-corrected chi connectivity index (χ4v) is 2.00. The fraction of sp³-hybridized carbons (Fsp3) is 0.417. The van der Waals surface area contributed by atoms with Crippen molar-refractivity contribution in [3.05, 3.63) is 22.7 Å². The summed E-state index contributed by atoms with van der Waals surface area (Å²) in [6.07, 6.45) is 1.08. The molecule has 1 aliphatic heterocycles. The van der Waals surface area contributed by atoms with E-state index in [1.807, 2.05) is 0 Å². The van der Waals surface area contributed by atoms with E-state index in [2.05, 4.69) is 0 Å². The number of rotatable bonds is 3. The Labute approximate surface area is 105 Å². The zero-order valence-corrected chi connectivity index (χ0v) is 10.1. The van der Waals surface area contributed by atoms with Crippen LogP contribution in [0.3, 0.4) is 0 Å². The molecule has 0 aromatic heterocycles. The smallest absolute Gasteiger partial charge is 0.180 e. The summed E-state index contributed by atoms with van der Waals surface area (Å²) in [6, 6.07) is 3.38. The van der Waals surface area contributed by atoms with Crippen LogP contribution in [0.5, 0.6) is 11.5 Å². The highest BCUT2D eigenvalue weighted by Crippen LogP contribution is 2.39. The van der Waals surface area contributed by atoms with Gasteiger partial charge in [0.2, 0.25) is 0 Å². The van der Waals surface area contributed by atoms with Crippen molar-refractivity contribution >= 4 is 17.4 Å². The first-order chi connectivity index (χ1) is 8.24. The van der Waals surface area contributed by atoms with Crippen LogP contribution in [0, 0.1) is 0 Å². The van der Waals surface area contributed by atoms with Crippen LogP contribution in [-0.4, -0.2) is 25.5 Å². The minimum atomic E-state index is -0.0758. The largest absolute Gasteiger partial charge is 0.490 e. The van der Waals surface area contributed by atoms with Crippen LogP contribution < -0.4 is 15.2 Å². The van der Waals surface area contributed by atoms with Gasteiger partial charge in [0.05, 0.1) is 18.2 Å². The van der Waals surface area contributed by atoms with Gasteiger partial charge in [0, 0.05) is 18.4 Å². The van der Waals surface area contributed by atoms with Crippen LogP contribution in [0.1, 0.15) is 23.2 Å². The first kappa shape index (κ1) is 12.2. The molecule has 0 amide bonds. The van der Waals surface area contributed by atoms with Crippen LogP contribution in [0.4, 0.5) is 0 Å². The Hall–Kier alpha value is -1.26. The molecule has 1 aromatic carbocycles. The second-order valence-corrected chi connectivity index (χ2v) is 4.14. The summed E-state index contributed by atoms with van der Waals surface area (Å²) < 4.78 is 11.0. The van der Waals surface area contributed by atoms with E-state index >= 15 is 0 Å². The van der Waals surface area contributed by atoms with Gasteiger partial charge in [0.25, 0.3) is 0 Å². The molecule has 0 fully saturated rings. The van der Waals surface area contributed by atoms with Gasteiger partial charge < -0.3 is 15.2 Å². The molecule has 0 aliphatic carbocycles. The lowest BCUT2D eigenvalue weighted by atomic mass is 10.1. The molecule has 0 atom stereocenters. The van der Waals surface area contributed by atoms with Crippen LogP contribution in [0.25, 0.3) is 0 Å². The summed E-state index contributed by atoms with van der Waals surface area (Å²) in [6.45, 7) is 1.45. The summed E-state index contributed by atoms with van der Waals surface area (Å²) >= 11 is 6.16. The van der Waals surface area contributed by atoms with Gasteiger partial charge in [-0.05, 0) is 18.7 Å². The third-order valence-electron chi connectivity index (χ3n) is 2.53. The van der Waals surface area contributed by atoms with Gasteiger partial charge in [-0.2, -0.15) is 0 Å². The van der Waals surface area contributed by atoms with Crippen LogP contribution >= 0.6 is 11.6 Å². The lowest BCUT2D eigenvalue weighted by molar-refractivity contribution is 0.0985. The van der Waals surface area contributed by atoms with Crippen molar-refractivity contribution in [2.24, 2.45) is 5.73 Å². The molecule has 5 heteroatoms. The highest BCUT2D eigenvalue weighted by Gasteiger charge is 2.20. The minimum absolute atomic E-state index is 0.0758. The quantitative estimate of drug-likeness (QED) is 0.840. The lowest BCUT2D eigenvalue weighted by Crippen LogP contribution is -2.09. The number of Topliss-reactive ketones (excluding diaryl/α,β-unsaturated/α-hetero) is 1. The lowest BCUT2D eigenvalue weighted by Gasteiger charge is -2.11. The highest BCUT2D eigenvalue weighted by molar-refractivity contribution is 6.35.